The maximum absolute atomic E-state index is 14.2. The largest absolute Gasteiger partial charge is 0.477 e. The topological polar surface area (TPSA) is 63.7 Å². The van der Waals surface area contributed by atoms with Crippen molar-refractivity contribution in [2.75, 3.05) is 32.1 Å². The molecule has 0 saturated carbocycles. The second-order valence-corrected chi connectivity index (χ2v) is 10.3. The first-order valence-corrected chi connectivity index (χ1v) is 13.2. The van der Waals surface area contributed by atoms with Gasteiger partial charge in [-0.3, -0.25) is 4.90 Å². The molecule has 11 heteroatoms. The van der Waals surface area contributed by atoms with Crippen LogP contribution in [0, 0.1) is 5.92 Å². The molecule has 2 heterocycles. The average Bonchev–Trinajstić information content (AvgIpc) is 2.91. The third-order valence-electron chi connectivity index (χ3n) is 6.61. The number of carbonyl (C=O) groups excluding carboxylic acids is 1. The summed E-state index contributed by atoms with van der Waals surface area (Å²) in [6.07, 6.45) is -3.10. The molecule has 0 saturated heterocycles. The maximum Gasteiger partial charge on any atom is 0.416 e. The average molecular weight is 627 g/mol. The summed E-state index contributed by atoms with van der Waals surface area (Å²) in [4.78, 5) is 20.0. The van der Waals surface area contributed by atoms with Crippen molar-refractivity contribution in [3.8, 4) is 5.88 Å². The van der Waals surface area contributed by atoms with Crippen LogP contribution >= 0.6 is 24.8 Å². The highest BCUT2D eigenvalue weighted by Crippen LogP contribution is 2.48. The van der Waals surface area contributed by atoms with Crippen molar-refractivity contribution in [1.82, 2.24) is 9.88 Å². The number of esters is 1. The number of halogens is 5. The van der Waals surface area contributed by atoms with Crippen molar-refractivity contribution in [1.29, 1.82) is 0 Å². The van der Waals surface area contributed by atoms with E-state index in [2.05, 4.69) is 10.3 Å². The number of nitrogens with one attached hydrogen (secondary N) is 1. The first-order chi connectivity index (χ1) is 19.1. The minimum Gasteiger partial charge on any atom is -0.477 e. The van der Waals surface area contributed by atoms with E-state index in [0.717, 1.165) is 11.6 Å². The third kappa shape index (κ3) is 8.40. The minimum absolute atomic E-state index is 0. The molecule has 1 aliphatic rings. The van der Waals surface area contributed by atoms with Gasteiger partial charge in [-0.1, -0.05) is 62.4 Å². The first-order valence-electron chi connectivity index (χ1n) is 13.2. The van der Waals surface area contributed by atoms with Crippen LogP contribution in [-0.4, -0.2) is 42.7 Å². The number of aromatic nitrogens is 1. The number of likely N-dealkylation sites (N-methyl/N-ethyl adjacent to an activating group) is 1. The predicted molar refractivity (Wildman–Crippen MR) is 162 cm³/mol. The number of ether oxygens (including phenoxy) is 2. The van der Waals surface area contributed by atoms with Crippen molar-refractivity contribution in [2.24, 2.45) is 5.92 Å². The molecule has 0 amide bonds. The molecule has 1 aromatic heterocycles. The quantitative estimate of drug-likeness (QED) is 0.236. The summed E-state index contributed by atoms with van der Waals surface area (Å²) < 4.78 is 54.3. The number of anilines is 1. The van der Waals surface area contributed by atoms with Gasteiger partial charge in [0, 0.05) is 36.2 Å². The van der Waals surface area contributed by atoms with E-state index in [1.54, 1.807) is 13.0 Å². The number of allylic oxidation sites excluding steroid dienone is 1. The van der Waals surface area contributed by atoms with Crippen LogP contribution in [0.2, 0.25) is 0 Å². The summed E-state index contributed by atoms with van der Waals surface area (Å²) in [6.45, 7) is 7.09. The second-order valence-electron chi connectivity index (χ2n) is 10.3. The number of hydrogen-bond donors (Lipinski definition) is 1. The highest BCUT2D eigenvalue weighted by molar-refractivity contribution is 5.95. The van der Waals surface area contributed by atoms with Crippen molar-refractivity contribution in [3.63, 3.8) is 0 Å². The van der Waals surface area contributed by atoms with Gasteiger partial charge in [0.05, 0.1) is 23.7 Å². The zero-order valence-corrected chi connectivity index (χ0v) is 25.5. The summed E-state index contributed by atoms with van der Waals surface area (Å²) in [5.41, 5.74) is 1.65. The van der Waals surface area contributed by atoms with Gasteiger partial charge in [0.15, 0.2) is 0 Å². The standard InChI is InChI=1S/C31H34F3N3O3.2ClH/c1-20(2)19-40-29-28-25(14-15-35-29)36-21(3)26(27(28)23-12-8-9-13-24(23)31(32,33)34)30(38)39-17-16-37(4)18-22-10-6-5-7-11-22;;/h5-15,20,27,36H,16-19H2,1-4H3;2*1H. The molecular weight excluding hydrogens is 590 g/mol. The Morgan fingerprint density at radius 3 is 2.38 bits per heavy atom. The van der Waals surface area contributed by atoms with Crippen LogP contribution in [-0.2, 0) is 22.3 Å². The summed E-state index contributed by atoms with van der Waals surface area (Å²) in [7, 11) is 1.91. The molecule has 0 bridgehead atoms. The Morgan fingerprint density at radius 1 is 1.05 bits per heavy atom. The van der Waals surface area contributed by atoms with E-state index in [9.17, 15) is 18.0 Å². The Kier molecular flexibility index (Phi) is 12.7. The van der Waals surface area contributed by atoms with Crippen LogP contribution in [0.15, 0.2) is 78.1 Å². The van der Waals surface area contributed by atoms with Crippen molar-refractivity contribution in [2.45, 2.75) is 39.4 Å². The van der Waals surface area contributed by atoms with Gasteiger partial charge in [0.2, 0.25) is 5.88 Å². The van der Waals surface area contributed by atoms with Gasteiger partial charge in [-0.2, -0.15) is 13.2 Å². The number of carbonyl (C=O) groups is 1. The lowest BCUT2D eigenvalue weighted by atomic mass is 9.79. The smallest absolute Gasteiger partial charge is 0.416 e. The molecule has 228 valence electrons. The first kappa shape index (κ1) is 34.9. The van der Waals surface area contributed by atoms with Crippen LogP contribution in [0.1, 0.15) is 48.9 Å². The summed E-state index contributed by atoms with van der Waals surface area (Å²) in [6, 6.07) is 16.9. The zero-order chi connectivity index (χ0) is 28.9. The molecule has 0 fully saturated rings. The van der Waals surface area contributed by atoms with Gasteiger partial charge < -0.3 is 14.8 Å². The van der Waals surface area contributed by atoms with Gasteiger partial charge in [0.1, 0.15) is 6.61 Å². The number of fused-ring (bicyclic) bond motifs is 1. The summed E-state index contributed by atoms with van der Waals surface area (Å²) in [5, 5.41) is 3.18. The SMILES string of the molecule is CC1=C(C(=O)OCCN(C)Cc2ccccc2)C(c2ccccc2C(F)(F)F)c2c(ccnc2OCC(C)C)N1.Cl.Cl. The maximum atomic E-state index is 14.2. The fourth-order valence-electron chi connectivity index (χ4n) is 4.77. The number of hydrogen-bond acceptors (Lipinski definition) is 6. The van der Waals surface area contributed by atoms with Gasteiger partial charge in [0.25, 0.3) is 0 Å². The third-order valence-corrected chi connectivity index (χ3v) is 6.61. The van der Waals surface area contributed by atoms with E-state index in [4.69, 9.17) is 9.47 Å². The molecule has 42 heavy (non-hydrogen) atoms. The normalized spacial score (nSPS) is 14.5. The molecule has 1 N–H and O–H groups in total. The van der Waals surface area contributed by atoms with Crippen molar-refractivity contribution in [3.05, 3.63) is 100 Å². The number of nitrogens with zero attached hydrogens (tertiary/aromatic N) is 2. The fourth-order valence-corrected chi connectivity index (χ4v) is 4.77. The number of benzene rings is 2. The predicted octanol–water partition coefficient (Wildman–Crippen LogP) is 7.49. The Labute approximate surface area is 257 Å². The Morgan fingerprint density at radius 2 is 1.71 bits per heavy atom. The second kappa shape index (κ2) is 15.3. The van der Waals surface area contributed by atoms with E-state index in [1.165, 1.54) is 24.4 Å². The molecule has 6 nitrogen and oxygen atoms in total. The molecule has 3 aromatic rings. The van der Waals surface area contributed by atoms with Crippen LogP contribution in [0.25, 0.3) is 0 Å². The summed E-state index contributed by atoms with van der Waals surface area (Å²) in [5.74, 6) is -1.45. The van der Waals surface area contributed by atoms with E-state index >= 15 is 0 Å². The van der Waals surface area contributed by atoms with Gasteiger partial charge >= 0.3 is 12.1 Å². The van der Waals surface area contributed by atoms with Crippen molar-refractivity contribution < 1.29 is 27.4 Å². The highest BCUT2D eigenvalue weighted by atomic mass is 35.5. The highest BCUT2D eigenvalue weighted by Gasteiger charge is 2.42. The molecule has 0 aliphatic carbocycles. The number of pyridine rings is 1. The van der Waals surface area contributed by atoms with Gasteiger partial charge in [-0.05, 0) is 43.1 Å². The van der Waals surface area contributed by atoms with Gasteiger partial charge in [-0.25, -0.2) is 9.78 Å². The summed E-state index contributed by atoms with van der Waals surface area (Å²) >= 11 is 0. The molecule has 1 unspecified atom stereocenters. The van der Waals surface area contributed by atoms with Crippen LogP contribution < -0.4 is 10.1 Å². The molecule has 0 spiro atoms. The zero-order valence-electron chi connectivity index (χ0n) is 23.9. The van der Waals surface area contributed by atoms with Crippen molar-refractivity contribution >= 4 is 36.5 Å². The minimum atomic E-state index is -4.63. The van der Waals surface area contributed by atoms with Crippen LogP contribution in [0.3, 0.4) is 0 Å². The molecule has 4 rings (SSSR count). The lowest BCUT2D eigenvalue weighted by Gasteiger charge is -2.32. The number of rotatable bonds is 10. The van der Waals surface area contributed by atoms with E-state index in [0.29, 0.717) is 36.6 Å². The van der Waals surface area contributed by atoms with E-state index in [1.807, 2.05) is 56.1 Å². The molecule has 1 atom stereocenters. The van der Waals surface area contributed by atoms with E-state index in [-0.39, 0.29) is 54.4 Å². The Bertz CT molecular complexity index is 1370. The molecule has 2 aromatic carbocycles. The molecule has 0 radical (unpaired) electrons. The van der Waals surface area contributed by atoms with E-state index < -0.39 is 23.6 Å². The monoisotopic (exact) mass is 625 g/mol. The lowest BCUT2D eigenvalue weighted by molar-refractivity contribution is -0.141. The van der Waals surface area contributed by atoms with Gasteiger partial charge in [-0.15, -0.1) is 24.8 Å². The van der Waals surface area contributed by atoms with Crippen LogP contribution in [0.5, 0.6) is 5.88 Å². The lowest BCUT2D eigenvalue weighted by Crippen LogP contribution is -2.29. The molecular formula is C31H36Cl2F3N3O3. The van der Waals surface area contributed by atoms with Crippen LogP contribution in [0.4, 0.5) is 18.9 Å². The fraction of sp³-hybridized carbons (Fsp3) is 0.355. The Hall–Kier alpha value is -3.27. The molecule has 1 aliphatic heterocycles. The number of alkyl halides is 3. The Balaban J connectivity index is 0.00000308.